The van der Waals surface area contributed by atoms with Gasteiger partial charge in [0.05, 0.1) is 10.6 Å². The molecule has 2 atom stereocenters. The largest absolute Gasteiger partial charge is 0.512 e. The van der Waals surface area contributed by atoms with E-state index in [0.29, 0.717) is 0 Å². The summed E-state index contributed by atoms with van der Waals surface area (Å²) in [5.74, 6) is -5.54. The molecule has 3 amide bonds. The molecule has 0 saturated carbocycles. The number of thiazole rings is 1. The predicted octanol–water partition coefficient (Wildman–Crippen LogP) is -0.0788. The number of amides is 3. The molecule has 3 heterocycles. The van der Waals surface area contributed by atoms with Gasteiger partial charge in [-0.3, -0.25) is 24.5 Å². The number of thioether (sulfide) groups is 1. The highest BCUT2D eigenvalue weighted by molar-refractivity contribution is 8.00. The molecule has 18 nitrogen and oxygen atoms in total. The molecule has 2 aliphatic rings. The van der Waals surface area contributed by atoms with Crippen molar-refractivity contribution in [1.29, 1.82) is 0 Å². The van der Waals surface area contributed by atoms with Crippen molar-refractivity contribution in [1.82, 2.24) is 20.7 Å². The summed E-state index contributed by atoms with van der Waals surface area (Å²) < 4.78 is 30.9. The Kier molecular flexibility index (Phi) is 8.95. The summed E-state index contributed by atoms with van der Waals surface area (Å²) in [5.41, 5.74) is 4.69. The summed E-state index contributed by atoms with van der Waals surface area (Å²) in [7, 11) is -4.21. The molecule has 0 radical (unpaired) electrons. The Morgan fingerprint density at radius 2 is 1.95 bits per heavy atom. The third-order valence-electron chi connectivity index (χ3n) is 6.13. The fraction of sp³-hybridized carbons (Fsp3) is 0.304. The molecular formula is C23H24N6O12S3. The van der Waals surface area contributed by atoms with Gasteiger partial charge in [-0.15, -0.1) is 23.1 Å². The van der Waals surface area contributed by atoms with Crippen LogP contribution < -0.4 is 16.5 Å². The summed E-state index contributed by atoms with van der Waals surface area (Å²) in [6, 6.07) is 1.56. The number of carbonyl (C=O) groups excluding carboxylic acids is 3. The summed E-state index contributed by atoms with van der Waals surface area (Å²) in [5, 5.41) is 44.1. The van der Waals surface area contributed by atoms with Crippen molar-refractivity contribution < 1.29 is 57.7 Å². The summed E-state index contributed by atoms with van der Waals surface area (Å²) >= 11 is 1.96. The molecule has 2 aliphatic heterocycles. The number of carbonyl (C=O) groups is 4. The van der Waals surface area contributed by atoms with Gasteiger partial charge in [-0.1, -0.05) is 5.16 Å². The lowest BCUT2D eigenvalue weighted by atomic mass is 10.1. The maximum Gasteiger partial charge on any atom is 0.512 e. The van der Waals surface area contributed by atoms with Crippen LogP contribution in [-0.4, -0.2) is 96.9 Å². The molecular weight excluding hydrogens is 648 g/mol. The number of ether oxygens (including phenoxy) is 1. The van der Waals surface area contributed by atoms with Crippen molar-refractivity contribution in [2.75, 3.05) is 17.2 Å². The van der Waals surface area contributed by atoms with Gasteiger partial charge in [0.15, 0.2) is 32.2 Å². The molecule has 44 heavy (non-hydrogen) atoms. The highest BCUT2D eigenvalue weighted by Crippen LogP contribution is 2.41. The number of carboxylic acid groups (broad SMARTS) is 1. The lowest BCUT2D eigenvalue weighted by Gasteiger charge is -2.49. The average Bonchev–Trinajstić information content (AvgIpc) is 3.38. The van der Waals surface area contributed by atoms with Crippen LogP contribution in [-0.2, 0) is 33.8 Å². The molecule has 0 unspecified atom stereocenters. The Hall–Kier alpha value is -4.60. The second kappa shape index (κ2) is 12.2. The highest BCUT2D eigenvalue weighted by Gasteiger charge is 2.54. The van der Waals surface area contributed by atoms with E-state index in [9.17, 15) is 42.9 Å². The van der Waals surface area contributed by atoms with Gasteiger partial charge in [-0.25, -0.2) is 23.7 Å². The van der Waals surface area contributed by atoms with Gasteiger partial charge in [0.25, 0.3) is 17.7 Å². The van der Waals surface area contributed by atoms with E-state index in [-0.39, 0.29) is 27.0 Å². The number of phenolic OH excluding ortho intramolecular Hbond substituents is 2. The monoisotopic (exact) mass is 672 g/mol. The molecule has 1 saturated heterocycles. The average molecular weight is 673 g/mol. The minimum Gasteiger partial charge on any atom is -0.504 e. The van der Waals surface area contributed by atoms with Crippen LogP contribution in [0.1, 0.15) is 19.5 Å². The van der Waals surface area contributed by atoms with E-state index in [0.717, 1.165) is 46.2 Å². The fourth-order valence-corrected chi connectivity index (χ4v) is 7.28. The van der Waals surface area contributed by atoms with E-state index < -0.39 is 79.6 Å². The van der Waals surface area contributed by atoms with Crippen molar-refractivity contribution in [2.24, 2.45) is 5.16 Å². The van der Waals surface area contributed by atoms with Gasteiger partial charge in [-0.2, -0.15) is 0 Å². The zero-order chi connectivity index (χ0) is 32.6. The molecule has 0 aliphatic carbocycles. The van der Waals surface area contributed by atoms with Crippen LogP contribution in [0.3, 0.4) is 0 Å². The standard InChI is InChI=1S/C23H24N6O12S3/c1-23(2,20(34)27-37)41-28-14(11-7-43-21(24)25-11)16(32)26-15-17(33)29-18(40-22(35)36)9(6-42-19(15)29)8-44(38,39)10-3-4-12(30)13(31)5-10/h3-5,7,15,19,30-31,37H,6,8H2,1-2H3,(H2,24,25)(H,26,32)(H,27,34)(H,35,36)/b28-14-/t15-,19-/m1/s1. The number of aromatic hydroxyl groups is 2. The number of nitrogens with one attached hydrogen (secondary N) is 2. The predicted molar refractivity (Wildman–Crippen MR) is 151 cm³/mol. The summed E-state index contributed by atoms with van der Waals surface area (Å²) in [4.78, 5) is 59.4. The van der Waals surface area contributed by atoms with E-state index in [1.807, 2.05) is 0 Å². The topological polar surface area (TPSA) is 280 Å². The lowest BCUT2D eigenvalue weighted by molar-refractivity contribution is -0.151. The number of hydrogen-bond donors (Lipinski definition) is 7. The number of anilines is 1. The number of phenols is 2. The zero-order valence-electron chi connectivity index (χ0n) is 22.6. The van der Waals surface area contributed by atoms with Crippen molar-refractivity contribution >= 4 is 67.7 Å². The van der Waals surface area contributed by atoms with E-state index in [1.165, 1.54) is 24.7 Å². The highest BCUT2D eigenvalue weighted by atomic mass is 32.2. The first-order valence-electron chi connectivity index (χ1n) is 12.1. The van der Waals surface area contributed by atoms with Crippen LogP contribution in [0.2, 0.25) is 0 Å². The van der Waals surface area contributed by atoms with Gasteiger partial charge in [0, 0.05) is 22.8 Å². The minimum atomic E-state index is -4.21. The first-order chi connectivity index (χ1) is 20.6. The van der Waals surface area contributed by atoms with Crippen molar-refractivity contribution in [3.05, 3.63) is 40.7 Å². The molecule has 8 N–H and O–H groups in total. The quantitative estimate of drug-likeness (QED) is 0.0434. The van der Waals surface area contributed by atoms with Gasteiger partial charge < -0.3 is 35.9 Å². The van der Waals surface area contributed by atoms with Gasteiger partial charge in [0.1, 0.15) is 17.1 Å². The number of nitrogen functional groups attached to an aromatic ring is 1. The molecule has 1 aromatic carbocycles. The Labute approximate surface area is 256 Å². The van der Waals surface area contributed by atoms with Crippen LogP contribution in [0.15, 0.2) is 45.1 Å². The number of hydrogen-bond acceptors (Lipinski definition) is 16. The minimum absolute atomic E-state index is 0.0622. The number of benzene rings is 1. The first-order valence-corrected chi connectivity index (χ1v) is 15.7. The van der Waals surface area contributed by atoms with Gasteiger partial charge >= 0.3 is 6.16 Å². The van der Waals surface area contributed by atoms with Crippen LogP contribution >= 0.6 is 23.1 Å². The van der Waals surface area contributed by atoms with Gasteiger partial charge in [-0.05, 0) is 26.0 Å². The smallest absolute Gasteiger partial charge is 0.504 e. The van der Waals surface area contributed by atoms with Crippen molar-refractivity contribution in [2.45, 2.75) is 35.8 Å². The Balaban J connectivity index is 1.58. The third kappa shape index (κ3) is 6.49. The van der Waals surface area contributed by atoms with Crippen LogP contribution in [0.25, 0.3) is 0 Å². The van der Waals surface area contributed by atoms with Crippen molar-refractivity contribution in [3.63, 3.8) is 0 Å². The van der Waals surface area contributed by atoms with Gasteiger partial charge in [0.2, 0.25) is 11.5 Å². The van der Waals surface area contributed by atoms with Crippen LogP contribution in [0.4, 0.5) is 9.93 Å². The summed E-state index contributed by atoms with van der Waals surface area (Å²) in [6.45, 7) is 2.49. The van der Waals surface area contributed by atoms with E-state index in [2.05, 4.69) is 15.5 Å². The summed E-state index contributed by atoms with van der Waals surface area (Å²) in [6.07, 6.45) is -1.83. The number of β-lactam (4-membered cyclic amide) rings is 1. The van der Waals surface area contributed by atoms with Crippen LogP contribution in [0, 0.1) is 0 Å². The van der Waals surface area contributed by atoms with Crippen molar-refractivity contribution in [3.8, 4) is 11.5 Å². The maximum absolute atomic E-state index is 13.3. The number of sulfone groups is 1. The maximum atomic E-state index is 13.3. The molecule has 1 fully saturated rings. The number of hydroxylamine groups is 1. The SMILES string of the molecule is CC(C)(O/N=C(\C(=O)N[C@@H]1C(=O)N2C(OC(=O)O)=C(CS(=O)(=O)c3ccc(O)c(O)c3)CS[C@H]12)c1csc(N)n1)C(=O)NO. The zero-order valence-corrected chi connectivity index (χ0v) is 25.0. The molecule has 236 valence electrons. The second-order valence-electron chi connectivity index (χ2n) is 9.60. The second-order valence-corrected chi connectivity index (χ2v) is 13.6. The Morgan fingerprint density at radius 3 is 2.55 bits per heavy atom. The number of rotatable bonds is 10. The first kappa shape index (κ1) is 32.3. The number of nitrogens with two attached hydrogens (primary N) is 1. The van der Waals surface area contributed by atoms with Crippen LogP contribution in [0.5, 0.6) is 11.5 Å². The number of oxime groups is 1. The molecule has 0 spiro atoms. The fourth-order valence-electron chi connectivity index (χ4n) is 3.86. The molecule has 2 aromatic rings. The molecule has 0 bridgehead atoms. The van der Waals surface area contributed by atoms with E-state index >= 15 is 0 Å². The number of fused-ring (bicyclic) bond motifs is 1. The molecule has 4 rings (SSSR count). The van der Waals surface area contributed by atoms with E-state index in [1.54, 1.807) is 0 Å². The number of aromatic nitrogens is 1. The Morgan fingerprint density at radius 1 is 1.25 bits per heavy atom. The third-order valence-corrected chi connectivity index (χ3v) is 9.84. The molecule has 21 heteroatoms. The number of nitrogens with zero attached hydrogens (tertiary/aromatic N) is 3. The Bertz CT molecular complexity index is 1700. The lowest BCUT2D eigenvalue weighted by Crippen LogP contribution is -2.70. The van der Waals surface area contributed by atoms with E-state index in [4.69, 9.17) is 20.5 Å². The molecule has 1 aromatic heterocycles. The normalized spacial score (nSPS) is 18.7.